The molecule has 1 aliphatic carbocycles. The molecule has 1 aliphatic heterocycles. The Hall–Kier alpha value is -3.42. The zero-order chi connectivity index (χ0) is 25.5. The minimum absolute atomic E-state index is 0.0114. The summed E-state index contributed by atoms with van der Waals surface area (Å²) in [5.74, 6) is -3.03. The molecule has 8 heteroatoms. The maximum Gasteiger partial charge on any atom is 0.416 e. The quantitative estimate of drug-likeness (QED) is 0.415. The van der Waals surface area contributed by atoms with E-state index in [0.29, 0.717) is 17.8 Å². The minimum atomic E-state index is -4.68. The SMILES string of the molecule is CC1=C(C(=O)OC(C)C)[C@H](c2ccccc2C(F)(F)F)C2=C(C[C@@H](c3ccc(F)cc3)CC2=O)N1. The Morgan fingerprint density at radius 3 is 2.34 bits per heavy atom. The van der Waals surface area contributed by atoms with E-state index in [9.17, 15) is 27.2 Å². The van der Waals surface area contributed by atoms with E-state index in [1.165, 1.54) is 30.3 Å². The van der Waals surface area contributed by atoms with Gasteiger partial charge in [-0.1, -0.05) is 30.3 Å². The number of allylic oxidation sites excluding steroid dienone is 3. The van der Waals surface area contributed by atoms with Gasteiger partial charge in [-0.25, -0.2) is 9.18 Å². The van der Waals surface area contributed by atoms with Crippen LogP contribution in [0.2, 0.25) is 0 Å². The Bertz CT molecular complexity index is 1230. The predicted molar refractivity (Wildman–Crippen MR) is 122 cm³/mol. The molecule has 0 radical (unpaired) electrons. The lowest BCUT2D eigenvalue weighted by Gasteiger charge is -2.37. The Balaban J connectivity index is 1.87. The fourth-order valence-electron chi connectivity index (χ4n) is 4.88. The zero-order valence-electron chi connectivity index (χ0n) is 19.5. The molecule has 35 heavy (non-hydrogen) atoms. The average Bonchev–Trinajstić information content (AvgIpc) is 2.77. The van der Waals surface area contributed by atoms with Crippen LogP contribution < -0.4 is 5.32 Å². The van der Waals surface area contributed by atoms with Crippen LogP contribution in [0.3, 0.4) is 0 Å². The summed E-state index contributed by atoms with van der Waals surface area (Å²) in [4.78, 5) is 26.6. The number of halogens is 4. The number of carbonyl (C=O) groups is 2. The van der Waals surface area contributed by atoms with Crippen molar-refractivity contribution in [3.63, 3.8) is 0 Å². The van der Waals surface area contributed by atoms with Crippen LogP contribution in [0.4, 0.5) is 17.6 Å². The number of dihydropyridines is 1. The molecule has 0 bridgehead atoms. The van der Waals surface area contributed by atoms with E-state index in [2.05, 4.69) is 5.32 Å². The molecular weight excluding hydrogens is 462 g/mol. The number of ketones is 1. The van der Waals surface area contributed by atoms with Crippen molar-refractivity contribution in [3.8, 4) is 0 Å². The van der Waals surface area contributed by atoms with Crippen LogP contribution in [0.5, 0.6) is 0 Å². The van der Waals surface area contributed by atoms with Crippen molar-refractivity contribution in [1.29, 1.82) is 0 Å². The first-order valence-electron chi connectivity index (χ1n) is 11.3. The summed E-state index contributed by atoms with van der Waals surface area (Å²) in [7, 11) is 0. The van der Waals surface area contributed by atoms with E-state index in [1.54, 1.807) is 32.9 Å². The first-order valence-corrected chi connectivity index (χ1v) is 11.3. The van der Waals surface area contributed by atoms with Crippen LogP contribution in [0, 0.1) is 5.82 Å². The molecule has 1 heterocycles. The van der Waals surface area contributed by atoms with Crippen LogP contribution in [0.25, 0.3) is 0 Å². The van der Waals surface area contributed by atoms with Crippen LogP contribution in [-0.2, 0) is 20.5 Å². The second kappa shape index (κ2) is 9.32. The monoisotopic (exact) mass is 487 g/mol. The van der Waals surface area contributed by atoms with Crippen molar-refractivity contribution < 1.29 is 31.9 Å². The molecular formula is C27H25F4NO3. The Morgan fingerprint density at radius 1 is 1.06 bits per heavy atom. The van der Waals surface area contributed by atoms with Gasteiger partial charge in [0.05, 0.1) is 17.2 Å². The van der Waals surface area contributed by atoms with E-state index in [0.717, 1.165) is 11.6 Å². The normalized spacial score (nSPS) is 20.6. The smallest absolute Gasteiger partial charge is 0.416 e. The molecule has 2 aliphatic rings. The maximum atomic E-state index is 14.0. The van der Waals surface area contributed by atoms with Crippen molar-refractivity contribution in [3.05, 3.63) is 93.6 Å². The predicted octanol–water partition coefficient (Wildman–Crippen LogP) is 6.16. The van der Waals surface area contributed by atoms with Gasteiger partial charge in [0.1, 0.15) is 5.82 Å². The van der Waals surface area contributed by atoms with Crippen molar-refractivity contribution >= 4 is 11.8 Å². The molecule has 2 aromatic rings. The van der Waals surface area contributed by atoms with Gasteiger partial charge in [0, 0.05) is 29.3 Å². The van der Waals surface area contributed by atoms with Crippen LogP contribution in [-0.4, -0.2) is 17.9 Å². The Labute approximate surface area is 200 Å². The summed E-state index contributed by atoms with van der Waals surface area (Å²) in [6.45, 7) is 4.88. The van der Waals surface area contributed by atoms with E-state index in [-0.39, 0.29) is 34.8 Å². The zero-order valence-corrected chi connectivity index (χ0v) is 19.5. The lowest BCUT2D eigenvalue weighted by Crippen LogP contribution is -2.37. The third kappa shape index (κ3) is 4.88. The van der Waals surface area contributed by atoms with Gasteiger partial charge in [0.2, 0.25) is 0 Å². The highest BCUT2D eigenvalue weighted by Crippen LogP contribution is 2.48. The van der Waals surface area contributed by atoms with Gasteiger partial charge in [-0.3, -0.25) is 4.79 Å². The van der Waals surface area contributed by atoms with Crippen LogP contribution in [0.15, 0.2) is 71.1 Å². The molecule has 0 fully saturated rings. The van der Waals surface area contributed by atoms with Crippen molar-refractivity contribution in [2.24, 2.45) is 0 Å². The lowest BCUT2D eigenvalue weighted by atomic mass is 9.71. The van der Waals surface area contributed by atoms with E-state index in [1.807, 2.05) is 0 Å². The number of alkyl halides is 3. The third-order valence-electron chi connectivity index (χ3n) is 6.31. The summed E-state index contributed by atoms with van der Waals surface area (Å²) >= 11 is 0. The van der Waals surface area contributed by atoms with Crippen molar-refractivity contribution in [2.75, 3.05) is 0 Å². The highest BCUT2D eigenvalue weighted by Gasteiger charge is 2.45. The first-order chi connectivity index (χ1) is 16.5. The van der Waals surface area contributed by atoms with E-state index in [4.69, 9.17) is 4.74 Å². The lowest BCUT2D eigenvalue weighted by molar-refractivity contribution is -0.143. The number of Topliss-reactive ketones (excluding diaryl/α,β-unsaturated/α-hetero) is 1. The molecule has 4 nitrogen and oxygen atoms in total. The molecule has 0 saturated heterocycles. The number of hydrogen-bond donors (Lipinski definition) is 1. The highest BCUT2D eigenvalue weighted by molar-refractivity contribution is 6.04. The van der Waals surface area contributed by atoms with E-state index < -0.39 is 35.5 Å². The molecule has 184 valence electrons. The molecule has 2 aromatic carbocycles. The number of esters is 1. The standard InChI is InChI=1S/C27H25F4NO3/c1-14(2)35-26(34)23-15(3)32-21-12-17(16-8-10-18(28)11-9-16)13-22(33)25(21)24(23)19-6-4-5-7-20(19)27(29,30)31/h4-11,14,17,24,32H,12-13H2,1-3H3/t17-,24+/m1/s1. The summed E-state index contributed by atoms with van der Waals surface area (Å²) in [5, 5.41) is 3.10. The summed E-state index contributed by atoms with van der Waals surface area (Å²) < 4.78 is 60.8. The Kier molecular flexibility index (Phi) is 6.58. The fourth-order valence-corrected chi connectivity index (χ4v) is 4.88. The number of nitrogens with one attached hydrogen (secondary N) is 1. The summed E-state index contributed by atoms with van der Waals surface area (Å²) in [6, 6.07) is 10.8. The third-order valence-corrected chi connectivity index (χ3v) is 6.31. The summed E-state index contributed by atoms with van der Waals surface area (Å²) in [6.07, 6.45) is -4.82. The number of ether oxygens (including phenoxy) is 1. The topological polar surface area (TPSA) is 55.4 Å². The fraction of sp³-hybridized carbons (Fsp3) is 0.333. The maximum absolute atomic E-state index is 14.0. The number of carbonyl (C=O) groups excluding carboxylic acids is 2. The van der Waals surface area contributed by atoms with Gasteiger partial charge in [-0.2, -0.15) is 13.2 Å². The van der Waals surface area contributed by atoms with Crippen LogP contribution in [0.1, 0.15) is 62.1 Å². The minimum Gasteiger partial charge on any atom is -0.460 e. The first kappa shape index (κ1) is 24.7. The molecule has 1 N–H and O–H groups in total. The van der Waals surface area contributed by atoms with Crippen molar-refractivity contribution in [2.45, 2.75) is 57.7 Å². The number of benzene rings is 2. The second-order valence-electron chi connectivity index (χ2n) is 9.11. The molecule has 0 aromatic heterocycles. The molecule has 0 spiro atoms. The largest absolute Gasteiger partial charge is 0.460 e. The number of rotatable bonds is 4. The average molecular weight is 487 g/mol. The van der Waals surface area contributed by atoms with Gasteiger partial charge in [-0.15, -0.1) is 0 Å². The van der Waals surface area contributed by atoms with Gasteiger partial charge in [0.25, 0.3) is 0 Å². The van der Waals surface area contributed by atoms with Gasteiger partial charge in [-0.05, 0) is 62.4 Å². The molecule has 4 rings (SSSR count). The van der Waals surface area contributed by atoms with E-state index >= 15 is 0 Å². The molecule has 0 amide bonds. The van der Waals surface area contributed by atoms with Gasteiger partial charge < -0.3 is 10.1 Å². The Morgan fingerprint density at radius 2 is 1.71 bits per heavy atom. The summed E-state index contributed by atoms with van der Waals surface area (Å²) in [5.41, 5.74) is 0.615. The molecule has 2 atom stereocenters. The number of hydrogen-bond acceptors (Lipinski definition) is 4. The molecule has 0 saturated carbocycles. The van der Waals surface area contributed by atoms with Crippen molar-refractivity contribution in [1.82, 2.24) is 5.32 Å². The second-order valence-corrected chi connectivity index (χ2v) is 9.11. The highest BCUT2D eigenvalue weighted by atomic mass is 19.4. The van der Waals surface area contributed by atoms with Gasteiger partial charge in [0.15, 0.2) is 5.78 Å². The molecule has 0 unspecified atom stereocenters. The van der Waals surface area contributed by atoms with Gasteiger partial charge >= 0.3 is 12.1 Å². The van der Waals surface area contributed by atoms with Crippen LogP contribution >= 0.6 is 0 Å².